The Balaban J connectivity index is -0.0000000118. The average molecular weight is 758 g/mol. The summed E-state index contributed by atoms with van der Waals surface area (Å²) in [6, 6.07) is 0. The van der Waals surface area contributed by atoms with Crippen molar-refractivity contribution in [2.45, 2.75) is 295 Å². The lowest BCUT2D eigenvalue weighted by molar-refractivity contribution is 0.349. The molecule has 0 aliphatic rings. The number of rotatable bonds is 15. The first-order chi connectivity index (χ1) is 15.2. The first-order valence-corrected chi connectivity index (χ1v) is 15.2. The third kappa shape index (κ3) is 128. The van der Waals surface area contributed by atoms with E-state index in [0.717, 1.165) is 53.3 Å². The topological polar surface area (TPSA) is 0 Å². The zero-order valence-electron chi connectivity index (χ0n) is 26.6. The molecule has 51 heavy (non-hydrogen) atoms. The van der Waals surface area contributed by atoms with E-state index in [1.54, 1.807) is 0 Å². The zero-order chi connectivity index (χ0) is 26.6. The van der Waals surface area contributed by atoms with Crippen LogP contribution in [0.5, 0.6) is 0 Å². The van der Waals surface area contributed by atoms with Crippen molar-refractivity contribution in [3.05, 3.63) is 0 Å². The van der Waals surface area contributed by atoms with E-state index in [9.17, 15) is 0 Å². The molecule has 0 N–H and O–H groups in total. The minimum atomic E-state index is 0. The maximum Gasteiger partial charge on any atom is -0.0438 e. The minimum Gasteiger partial charge on any atom is -0.0776 e. The molecule has 0 rings (SSSR count). The second kappa shape index (κ2) is 92.6. The van der Waals surface area contributed by atoms with Gasteiger partial charge in [0, 0.05) is 0 Å². The Kier molecular flexibility index (Phi) is 257. The summed E-state index contributed by atoms with van der Waals surface area (Å²) in [7, 11) is 0. The summed E-state index contributed by atoms with van der Waals surface area (Å²) in [4.78, 5) is 0. The fraction of sp³-hybridized carbons (Fsp3) is 1.00. The third-order valence-electron chi connectivity index (χ3n) is 7.13. The van der Waals surface area contributed by atoms with Gasteiger partial charge in [0.1, 0.15) is 0 Å². The molecule has 6 unspecified atom stereocenters. The summed E-state index contributed by atoms with van der Waals surface area (Å²) in [6.45, 7) is 34.9. The van der Waals surface area contributed by atoms with Crippen molar-refractivity contribution in [2.24, 2.45) is 53.3 Å². The molecule has 0 aliphatic heterocycles. The summed E-state index contributed by atoms with van der Waals surface area (Å²) in [6.07, 6.45) is 12.4. The summed E-state index contributed by atoms with van der Waals surface area (Å²) < 4.78 is 0. The van der Waals surface area contributed by atoms with Crippen LogP contribution in [-0.4, -0.2) is 0 Å². The molecule has 0 aromatic rings. The molecule has 0 nitrogen and oxygen atoms in total. The highest BCUT2D eigenvalue weighted by atomic mass is 14.2. The molecular formula is C51H144. The molecular weight excluding hydrogens is 613 g/mol. The lowest BCUT2D eigenvalue weighted by Crippen LogP contribution is -2.05. The van der Waals surface area contributed by atoms with Crippen LogP contribution in [0.1, 0.15) is 295 Å². The van der Waals surface area contributed by atoms with Gasteiger partial charge in [0.05, 0.1) is 0 Å². The molecule has 0 aromatic heterocycles. The monoisotopic (exact) mass is 757 g/mol. The zero-order valence-corrected chi connectivity index (χ0v) is 26.6. The van der Waals surface area contributed by atoms with Gasteiger partial charge < -0.3 is 0 Å². The number of hydrogen-bond donors (Lipinski definition) is 0. The van der Waals surface area contributed by atoms with Gasteiger partial charge in [-0.25, -0.2) is 0 Å². The van der Waals surface area contributed by atoms with Crippen LogP contribution >= 0.6 is 0 Å². The third-order valence-corrected chi connectivity index (χ3v) is 7.13. The maximum absolute atomic E-state index is 2.38. The van der Waals surface area contributed by atoms with Crippen LogP contribution in [0.2, 0.25) is 0 Å². The molecule has 0 saturated carbocycles. The maximum atomic E-state index is 2.38. The van der Waals surface area contributed by atoms with Gasteiger partial charge in [0.25, 0.3) is 0 Å². The minimum absolute atomic E-state index is 0. The van der Waals surface area contributed by atoms with Gasteiger partial charge in [-0.1, -0.05) is 257 Å². The molecule has 0 fully saturated rings. The standard InChI is InChI=1S/3C11H24.18CH4/c3*1-6-10(4)8-11(5)7-9(2)3;;;;;;;;;;;;;;;;;;/h3*9-11H,6-8H2,1-5H3;18*1H4. The van der Waals surface area contributed by atoms with E-state index in [1.807, 2.05) is 0 Å². The Labute approximate surface area is 347 Å². The summed E-state index contributed by atoms with van der Waals surface area (Å²) in [5.41, 5.74) is 0. The van der Waals surface area contributed by atoms with Gasteiger partial charge >= 0.3 is 0 Å². The fourth-order valence-corrected chi connectivity index (χ4v) is 5.26. The molecule has 0 spiro atoms. The van der Waals surface area contributed by atoms with E-state index in [2.05, 4.69) is 104 Å². The SMILES string of the molecule is C.C.C.C.C.C.C.C.C.C.C.C.C.C.C.C.C.C.CCC(C)CC(C)CC(C)C.CCC(C)CC(C)CC(C)C.CCC(C)CC(C)CC(C)C. The average Bonchev–Trinajstić information content (AvgIpc) is 2.66. The Hall–Kier alpha value is 0. The van der Waals surface area contributed by atoms with E-state index in [-0.39, 0.29) is 134 Å². The van der Waals surface area contributed by atoms with E-state index in [0.29, 0.717) is 0 Å². The molecule has 0 aromatic carbocycles. The second-order valence-corrected chi connectivity index (χ2v) is 13.5. The molecule has 0 heterocycles. The molecule has 0 heteroatoms. The molecule has 0 radical (unpaired) electrons. The smallest absolute Gasteiger partial charge is 0.0438 e. The van der Waals surface area contributed by atoms with E-state index in [4.69, 9.17) is 0 Å². The quantitative estimate of drug-likeness (QED) is 0.156. The highest BCUT2D eigenvalue weighted by molar-refractivity contribution is 4.61. The predicted octanol–water partition coefficient (Wildman–Crippen LogP) is 23.8. The summed E-state index contributed by atoms with van der Waals surface area (Å²) in [5, 5.41) is 0. The van der Waals surface area contributed by atoms with Crippen LogP contribution in [0.3, 0.4) is 0 Å². The van der Waals surface area contributed by atoms with E-state index < -0.39 is 0 Å². The van der Waals surface area contributed by atoms with Gasteiger partial charge in [-0.05, 0) is 91.8 Å². The lowest BCUT2D eigenvalue weighted by Gasteiger charge is -2.17. The van der Waals surface area contributed by atoms with Gasteiger partial charge in [-0.3, -0.25) is 0 Å². The van der Waals surface area contributed by atoms with Crippen LogP contribution in [0, 0.1) is 53.3 Å². The summed E-state index contributed by atoms with van der Waals surface area (Å²) >= 11 is 0. The second-order valence-electron chi connectivity index (χ2n) is 13.5. The van der Waals surface area contributed by atoms with Crippen molar-refractivity contribution >= 4 is 0 Å². The van der Waals surface area contributed by atoms with Gasteiger partial charge in [0.15, 0.2) is 0 Å². The molecule has 0 bridgehead atoms. The summed E-state index contributed by atoms with van der Waals surface area (Å²) in [5.74, 6) is 8.13. The largest absolute Gasteiger partial charge is 0.0776 e. The van der Waals surface area contributed by atoms with E-state index in [1.165, 1.54) is 57.8 Å². The first-order valence-electron chi connectivity index (χ1n) is 15.2. The van der Waals surface area contributed by atoms with Crippen molar-refractivity contribution in [2.75, 3.05) is 0 Å². The molecule has 0 amide bonds. The van der Waals surface area contributed by atoms with Gasteiger partial charge in [-0.15, -0.1) is 0 Å². The van der Waals surface area contributed by atoms with Crippen molar-refractivity contribution in [1.82, 2.24) is 0 Å². The Morgan fingerprint density at radius 1 is 0.196 bits per heavy atom. The fourth-order valence-electron chi connectivity index (χ4n) is 5.26. The molecule has 0 saturated heterocycles. The van der Waals surface area contributed by atoms with Crippen molar-refractivity contribution in [3.63, 3.8) is 0 Å². The van der Waals surface area contributed by atoms with Crippen molar-refractivity contribution in [1.29, 1.82) is 0 Å². The lowest BCUT2D eigenvalue weighted by atomic mass is 9.89. The van der Waals surface area contributed by atoms with Crippen LogP contribution in [0.4, 0.5) is 0 Å². The number of hydrogen-bond acceptors (Lipinski definition) is 0. The van der Waals surface area contributed by atoms with Crippen LogP contribution in [0.25, 0.3) is 0 Å². The Morgan fingerprint density at radius 3 is 0.392 bits per heavy atom. The van der Waals surface area contributed by atoms with Gasteiger partial charge in [0.2, 0.25) is 0 Å². The Morgan fingerprint density at radius 2 is 0.314 bits per heavy atom. The van der Waals surface area contributed by atoms with Crippen LogP contribution < -0.4 is 0 Å². The Bertz CT molecular complexity index is 309. The molecule has 348 valence electrons. The van der Waals surface area contributed by atoms with Crippen molar-refractivity contribution in [3.8, 4) is 0 Å². The highest BCUT2D eigenvalue weighted by Crippen LogP contribution is 2.22. The normalized spacial score (nSPS) is 10.9. The predicted molar refractivity (Wildman–Crippen MR) is 279 cm³/mol. The van der Waals surface area contributed by atoms with Crippen LogP contribution in [0.15, 0.2) is 0 Å². The highest BCUT2D eigenvalue weighted by Gasteiger charge is 2.10. The molecule has 0 aliphatic carbocycles. The van der Waals surface area contributed by atoms with Gasteiger partial charge in [-0.2, -0.15) is 0 Å². The molecule has 6 atom stereocenters. The first kappa shape index (κ1) is 142. The van der Waals surface area contributed by atoms with Crippen molar-refractivity contribution < 1.29 is 0 Å². The van der Waals surface area contributed by atoms with Crippen LogP contribution in [-0.2, 0) is 0 Å². The van der Waals surface area contributed by atoms with E-state index >= 15 is 0 Å².